The predicted molar refractivity (Wildman–Crippen MR) is 71.6 cm³/mol. The Morgan fingerprint density at radius 1 is 1.53 bits per heavy atom. The van der Waals surface area contributed by atoms with Crippen molar-refractivity contribution in [2.75, 3.05) is 6.54 Å². The lowest BCUT2D eigenvalue weighted by Crippen LogP contribution is -2.37. The van der Waals surface area contributed by atoms with Gasteiger partial charge in [0.25, 0.3) is 0 Å². The van der Waals surface area contributed by atoms with Crippen LogP contribution >= 0.6 is 23.2 Å². The fraction of sp³-hybridized carbons (Fsp3) is 0.250. The summed E-state index contributed by atoms with van der Waals surface area (Å²) in [5.41, 5.74) is 0.824. The lowest BCUT2D eigenvalue weighted by atomic mass is 10.1. The quantitative estimate of drug-likeness (QED) is 0.809. The lowest BCUT2D eigenvalue weighted by Gasteiger charge is -2.16. The second-order valence-electron chi connectivity index (χ2n) is 3.53. The van der Waals surface area contributed by atoms with E-state index in [1.807, 2.05) is 6.92 Å². The van der Waals surface area contributed by atoms with Crippen molar-refractivity contribution in [3.63, 3.8) is 0 Å². The standard InChI is InChI=1S/C12H14Cl2N2O/c1-3-6-15-12(17)16-8(2)10-5-4-9(13)7-11(10)14/h3-5,7-8H,1,6H2,2H3,(H2,15,16,17)/t8-/m0/s1. The van der Waals surface area contributed by atoms with Crippen LogP contribution in [-0.2, 0) is 0 Å². The molecule has 0 bridgehead atoms. The monoisotopic (exact) mass is 272 g/mol. The van der Waals surface area contributed by atoms with Crippen molar-refractivity contribution < 1.29 is 4.79 Å². The minimum absolute atomic E-state index is 0.190. The molecule has 92 valence electrons. The molecule has 1 atom stereocenters. The van der Waals surface area contributed by atoms with Crippen molar-refractivity contribution in [3.8, 4) is 0 Å². The molecule has 2 N–H and O–H groups in total. The van der Waals surface area contributed by atoms with Gasteiger partial charge in [-0.1, -0.05) is 35.3 Å². The Balaban J connectivity index is 2.66. The highest BCUT2D eigenvalue weighted by molar-refractivity contribution is 6.35. The summed E-state index contributed by atoms with van der Waals surface area (Å²) >= 11 is 11.8. The maximum absolute atomic E-state index is 11.4. The molecule has 17 heavy (non-hydrogen) atoms. The van der Waals surface area contributed by atoms with Crippen molar-refractivity contribution in [1.29, 1.82) is 0 Å². The molecule has 0 saturated heterocycles. The van der Waals surface area contributed by atoms with E-state index < -0.39 is 0 Å². The summed E-state index contributed by atoms with van der Waals surface area (Å²) in [4.78, 5) is 11.4. The molecular formula is C12H14Cl2N2O. The van der Waals surface area contributed by atoms with Gasteiger partial charge in [0, 0.05) is 16.6 Å². The highest BCUT2D eigenvalue weighted by Crippen LogP contribution is 2.25. The summed E-state index contributed by atoms with van der Waals surface area (Å²) in [5, 5.41) is 6.50. The Bertz CT molecular complexity index is 421. The van der Waals surface area contributed by atoms with Gasteiger partial charge in [-0.2, -0.15) is 0 Å². The second kappa shape index (κ2) is 6.52. The van der Waals surface area contributed by atoms with Gasteiger partial charge in [-0.3, -0.25) is 0 Å². The van der Waals surface area contributed by atoms with Gasteiger partial charge in [0.15, 0.2) is 0 Å². The largest absolute Gasteiger partial charge is 0.335 e. The molecule has 1 rings (SSSR count). The predicted octanol–water partition coefficient (Wildman–Crippen LogP) is 3.54. The molecule has 0 saturated carbocycles. The molecule has 3 nitrogen and oxygen atoms in total. The Labute approximate surface area is 111 Å². The van der Waals surface area contributed by atoms with E-state index in [9.17, 15) is 4.79 Å². The van der Waals surface area contributed by atoms with Crippen LogP contribution in [0.4, 0.5) is 4.79 Å². The van der Waals surface area contributed by atoms with E-state index in [2.05, 4.69) is 17.2 Å². The number of carbonyl (C=O) groups is 1. The van der Waals surface area contributed by atoms with Crippen molar-refractivity contribution in [2.45, 2.75) is 13.0 Å². The number of hydrogen-bond donors (Lipinski definition) is 2. The topological polar surface area (TPSA) is 41.1 Å². The van der Waals surface area contributed by atoms with Crippen LogP contribution < -0.4 is 10.6 Å². The van der Waals surface area contributed by atoms with Crippen LogP contribution in [0, 0.1) is 0 Å². The minimum Gasteiger partial charge on any atom is -0.335 e. The Kier molecular flexibility index (Phi) is 5.32. The minimum atomic E-state index is -0.261. The third-order valence-corrected chi connectivity index (χ3v) is 2.75. The summed E-state index contributed by atoms with van der Waals surface area (Å²) in [6.45, 7) is 5.79. The van der Waals surface area contributed by atoms with E-state index in [1.165, 1.54) is 0 Å². The molecular weight excluding hydrogens is 259 g/mol. The van der Waals surface area contributed by atoms with E-state index in [-0.39, 0.29) is 12.1 Å². The third kappa shape index (κ3) is 4.29. The molecule has 5 heteroatoms. The number of carbonyl (C=O) groups excluding carboxylic acids is 1. The number of amides is 2. The van der Waals surface area contributed by atoms with Crippen LogP contribution in [0.1, 0.15) is 18.5 Å². The zero-order chi connectivity index (χ0) is 12.8. The summed E-state index contributed by atoms with van der Waals surface area (Å²) in [6, 6.07) is 4.73. The van der Waals surface area contributed by atoms with Crippen LogP contribution in [0.2, 0.25) is 10.0 Å². The molecule has 0 heterocycles. The highest BCUT2D eigenvalue weighted by Gasteiger charge is 2.12. The molecule has 0 aromatic heterocycles. The van der Waals surface area contributed by atoms with Crippen LogP contribution in [0.15, 0.2) is 30.9 Å². The SMILES string of the molecule is C=CCNC(=O)N[C@@H](C)c1ccc(Cl)cc1Cl. The van der Waals surface area contributed by atoms with E-state index in [0.717, 1.165) is 5.56 Å². The van der Waals surface area contributed by atoms with E-state index in [4.69, 9.17) is 23.2 Å². The molecule has 0 fully saturated rings. The van der Waals surface area contributed by atoms with Crippen molar-refractivity contribution >= 4 is 29.2 Å². The number of hydrogen-bond acceptors (Lipinski definition) is 1. The first kappa shape index (κ1) is 13.9. The number of halogens is 2. The van der Waals surface area contributed by atoms with Crippen LogP contribution in [0.25, 0.3) is 0 Å². The molecule has 1 aromatic carbocycles. The van der Waals surface area contributed by atoms with Gasteiger partial charge in [0.1, 0.15) is 0 Å². The van der Waals surface area contributed by atoms with Gasteiger partial charge in [0.05, 0.1) is 6.04 Å². The fourth-order valence-corrected chi connectivity index (χ4v) is 1.92. The summed E-state index contributed by atoms with van der Waals surface area (Å²) < 4.78 is 0. The van der Waals surface area contributed by atoms with E-state index >= 15 is 0 Å². The first-order valence-corrected chi connectivity index (χ1v) is 5.90. The highest BCUT2D eigenvalue weighted by atomic mass is 35.5. The summed E-state index contributed by atoms with van der Waals surface area (Å²) in [7, 11) is 0. The molecule has 1 aromatic rings. The maximum Gasteiger partial charge on any atom is 0.315 e. The molecule has 0 aliphatic heterocycles. The van der Waals surface area contributed by atoms with Crippen molar-refractivity contribution in [2.24, 2.45) is 0 Å². The van der Waals surface area contributed by atoms with Gasteiger partial charge >= 0.3 is 6.03 Å². The average molecular weight is 273 g/mol. The number of benzene rings is 1. The maximum atomic E-state index is 11.4. The summed E-state index contributed by atoms with van der Waals surface area (Å²) in [6.07, 6.45) is 1.61. The van der Waals surface area contributed by atoms with Crippen LogP contribution in [0.5, 0.6) is 0 Å². The average Bonchev–Trinajstić information content (AvgIpc) is 2.26. The molecule has 2 amide bonds. The second-order valence-corrected chi connectivity index (χ2v) is 4.37. The summed E-state index contributed by atoms with van der Waals surface area (Å²) in [5.74, 6) is 0. The Hall–Kier alpha value is -1.19. The van der Waals surface area contributed by atoms with Gasteiger partial charge in [-0.05, 0) is 24.6 Å². The van der Waals surface area contributed by atoms with Crippen molar-refractivity contribution in [1.82, 2.24) is 10.6 Å². The van der Waals surface area contributed by atoms with Crippen LogP contribution in [0.3, 0.4) is 0 Å². The van der Waals surface area contributed by atoms with Gasteiger partial charge in [0.2, 0.25) is 0 Å². The van der Waals surface area contributed by atoms with Crippen molar-refractivity contribution in [3.05, 3.63) is 46.5 Å². The van der Waals surface area contributed by atoms with E-state index in [1.54, 1.807) is 24.3 Å². The zero-order valence-corrected chi connectivity index (χ0v) is 11.0. The smallest absolute Gasteiger partial charge is 0.315 e. The number of rotatable bonds is 4. The van der Waals surface area contributed by atoms with Gasteiger partial charge in [-0.25, -0.2) is 4.79 Å². The Morgan fingerprint density at radius 2 is 2.24 bits per heavy atom. The van der Waals surface area contributed by atoms with Gasteiger partial charge < -0.3 is 10.6 Å². The molecule has 0 unspecified atom stereocenters. The number of nitrogens with one attached hydrogen (secondary N) is 2. The Morgan fingerprint density at radius 3 is 2.82 bits per heavy atom. The molecule has 0 spiro atoms. The van der Waals surface area contributed by atoms with E-state index in [0.29, 0.717) is 16.6 Å². The first-order chi connectivity index (χ1) is 8.04. The number of urea groups is 1. The first-order valence-electron chi connectivity index (χ1n) is 5.14. The van der Waals surface area contributed by atoms with Gasteiger partial charge in [-0.15, -0.1) is 6.58 Å². The molecule has 0 aliphatic carbocycles. The fourth-order valence-electron chi connectivity index (χ4n) is 1.34. The van der Waals surface area contributed by atoms with Crippen LogP contribution in [-0.4, -0.2) is 12.6 Å². The third-order valence-electron chi connectivity index (χ3n) is 2.18. The molecule has 0 aliphatic rings. The lowest BCUT2D eigenvalue weighted by molar-refractivity contribution is 0.239. The zero-order valence-electron chi connectivity index (χ0n) is 9.47. The molecule has 0 radical (unpaired) electrons. The normalized spacial score (nSPS) is 11.7.